The Kier molecular flexibility index (Phi) is 9.77. The van der Waals surface area contributed by atoms with Crippen LogP contribution >= 0.6 is 11.8 Å². The second-order valence-corrected chi connectivity index (χ2v) is 13.9. The number of fused-ring (bicyclic) bond motifs is 5. The second-order valence-electron chi connectivity index (χ2n) is 13.0. The van der Waals surface area contributed by atoms with E-state index >= 15 is 0 Å². The van der Waals surface area contributed by atoms with E-state index in [0.717, 1.165) is 43.0 Å². The first kappa shape index (κ1) is 32.7. The zero-order valence-electron chi connectivity index (χ0n) is 24.9. The summed E-state index contributed by atoms with van der Waals surface area (Å²) in [5, 5.41) is 19.6. The van der Waals surface area contributed by atoms with Crippen molar-refractivity contribution in [1.29, 1.82) is 0 Å². The van der Waals surface area contributed by atoms with Gasteiger partial charge in [-0.25, -0.2) is 9.18 Å². The number of carboxylic acid groups (broad SMARTS) is 1. The Balaban J connectivity index is 0.000000458. The maximum absolute atomic E-state index is 13.5. The molecule has 0 radical (unpaired) electrons. The number of thioether (sulfide) groups is 1. The fraction of sp³-hybridized carbons (Fsp3) is 0.576. The predicted octanol–water partition coefficient (Wildman–Crippen LogP) is 5.76. The van der Waals surface area contributed by atoms with Gasteiger partial charge in [0.15, 0.2) is 10.9 Å². The minimum atomic E-state index is -1.65. The Bertz CT molecular complexity index is 1360. The van der Waals surface area contributed by atoms with Crippen molar-refractivity contribution >= 4 is 34.6 Å². The zero-order valence-corrected chi connectivity index (χ0v) is 25.7. The normalized spacial score (nSPS) is 32.5. The van der Waals surface area contributed by atoms with Crippen molar-refractivity contribution in [2.24, 2.45) is 34.5 Å². The van der Waals surface area contributed by atoms with Crippen LogP contribution in [-0.2, 0) is 19.1 Å². The smallest absolute Gasteiger partial charge is 0.371 e. The third kappa shape index (κ3) is 7.15. The van der Waals surface area contributed by atoms with Gasteiger partial charge in [-0.15, -0.1) is 0 Å². The van der Waals surface area contributed by atoms with Crippen LogP contribution in [0.1, 0.15) is 76.8 Å². The van der Waals surface area contributed by atoms with Crippen molar-refractivity contribution in [3.63, 3.8) is 0 Å². The molecule has 0 bridgehead atoms. The number of carboxylic acids is 1. The molecule has 0 aromatic carbocycles. The summed E-state index contributed by atoms with van der Waals surface area (Å²) in [6.07, 6.45) is 12.2. The van der Waals surface area contributed by atoms with Crippen LogP contribution in [0.15, 0.2) is 46.6 Å². The molecule has 10 heteroatoms. The van der Waals surface area contributed by atoms with Crippen molar-refractivity contribution in [1.82, 2.24) is 0 Å². The van der Waals surface area contributed by atoms with Crippen LogP contribution in [0.3, 0.4) is 0 Å². The van der Waals surface area contributed by atoms with Crippen molar-refractivity contribution in [2.75, 3.05) is 5.75 Å². The van der Waals surface area contributed by atoms with Crippen molar-refractivity contribution in [3.05, 3.63) is 48.0 Å². The summed E-state index contributed by atoms with van der Waals surface area (Å²) in [4.78, 5) is 46.7. The topological polar surface area (TPSA) is 131 Å². The molecule has 0 saturated heterocycles. The van der Waals surface area contributed by atoms with Crippen LogP contribution in [0.2, 0.25) is 0 Å². The van der Waals surface area contributed by atoms with Crippen LogP contribution in [0, 0.1) is 46.5 Å². The molecule has 3 saturated carbocycles. The molecule has 1 aromatic heterocycles. The lowest BCUT2D eigenvalue weighted by Crippen LogP contribution is -2.56. The molecule has 1 heterocycles. The monoisotopic (exact) mass is 614 g/mol. The lowest BCUT2D eigenvalue weighted by molar-refractivity contribution is -0.139. The van der Waals surface area contributed by atoms with Gasteiger partial charge in [0.1, 0.15) is 11.8 Å². The Morgan fingerprint density at radius 3 is 2.60 bits per heavy atom. The maximum atomic E-state index is 13.5. The van der Waals surface area contributed by atoms with E-state index in [2.05, 4.69) is 30.3 Å². The summed E-state index contributed by atoms with van der Waals surface area (Å²) >= 11 is 1.12. The van der Waals surface area contributed by atoms with E-state index in [4.69, 9.17) is 9.84 Å². The molecule has 7 atom stereocenters. The van der Waals surface area contributed by atoms with Gasteiger partial charge in [0.25, 0.3) is 0 Å². The number of hydrogen-bond donors (Lipinski definition) is 2. The molecule has 8 nitrogen and oxygen atoms in total. The average Bonchev–Trinajstić information content (AvgIpc) is 3.56. The molecular weight excluding hydrogens is 575 g/mol. The first-order valence-corrected chi connectivity index (χ1v) is 15.6. The number of aliphatic hydroxyl groups excluding tert-OH is 1. The molecule has 1 aromatic rings. The summed E-state index contributed by atoms with van der Waals surface area (Å²) in [7, 11) is 0. The lowest BCUT2D eigenvalue weighted by atomic mass is 9.47. The van der Waals surface area contributed by atoms with Gasteiger partial charge in [-0.2, -0.15) is 0 Å². The van der Waals surface area contributed by atoms with Gasteiger partial charge < -0.3 is 19.4 Å². The number of esters is 1. The molecule has 43 heavy (non-hydrogen) atoms. The van der Waals surface area contributed by atoms with Gasteiger partial charge in [-0.05, 0) is 93.4 Å². The van der Waals surface area contributed by atoms with E-state index in [-0.39, 0.29) is 51.5 Å². The predicted molar refractivity (Wildman–Crippen MR) is 158 cm³/mol. The molecule has 3 fully saturated rings. The zero-order chi connectivity index (χ0) is 31.6. The lowest BCUT2D eigenvalue weighted by Gasteiger charge is -2.58. The number of rotatable bonds is 5. The van der Waals surface area contributed by atoms with E-state index in [1.54, 1.807) is 12.2 Å². The minimum Gasteiger partial charge on any atom is -0.475 e. The van der Waals surface area contributed by atoms with E-state index in [9.17, 15) is 28.7 Å². The maximum Gasteiger partial charge on any atom is 0.371 e. The summed E-state index contributed by atoms with van der Waals surface area (Å²) < 4.78 is 22.7. The van der Waals surface area contributed by atoms with Gasteiger partial charge in [-0.3, -0.25) is 14.4 Å². The standard InChI is InChI=1S/C28H35FO5S.C5H4O3/c1-26(2,29)16-23(32)34-12-5-13-35-25(33)21-9-8-20-19-7-6-17-14-18(30)10-11-27(17,3)24(19)22(31)15-28(20,21)4;6-5(7)4-2-1-3-8-4/h10-11,14,19-22,24,31H,6-9,13,15-16H2,1-4H3;1-3H,(H,6,7). The Labute approximate surface area is 255 Å². The largest absolute Gasteiger partial charge is 0.475 e. The first-order chi connectivity index (χ1) is 20.2. The number of alkyl halides is 1. The third-order valence-electron chi connectivity index (χ3n) is 9.60. The number of ketones is 1. The van der Waals surface area contributed by atoms with Crippen molar-refractivity contribution in [3.8, 4) is 12.0 Å². The highest BCUT2D eigenvalue weighted by molar-refractivity contribution is 8.13. The number of hydrogen-bond acceptors (Lipinski definition) is 8. The van der Waals surface area contributed by atoms with Crippen molar-refractivity contribution in [2.45, 2.75) is 78.0 Å². The molecule has 4 aliphatic carbocycles. The van der Waals surface area contributed by atoms with Crippen LogP contribution in [0.4, 0.5) is 4.39 Å². The number of furan rings is 1. The molecule has 7 unspecified atom stereocenters. The summed E-state index contributed by atoms with van der Waals surface area (Å²) in [6.45, 7) is 6.91. The van der Waals surface area contributed by atoms with Crippen LogP contribution in [0.5, 0.6) is 0 Å². The van der Waals surface area contributed by atoms with Crippen LogP contribution in [0.25, 0.3) is 0 Å². The van der Waals surface area contributed by atoms with Gasteiger partial charge >= 0.3 is 11.9 Å². The summed E-state index contributed by atoms with van der Waals surface area (Å²) in [5.74, 6) is 1.68. The minimum absolute atomic E-state index is 0.0231. The number of aliphatic hydroxyl groups is 1. The first-order valence-electron chi connectivity index (χ1n) is 14.6. The Morgan fingerprint density at radius 1 is 1.23 bits per heavy atom. The molecule has 0 aliphatic heterocycles. The quantitative estimate of drug-likeness (QED) is 0.314. The summed E-state index contributed by atoms with van der Waals surface area (Å²) in [6, 6.07) is 2.92. The van der Waals surface area contributed by atoms with E-state index in [1.165, 1.54) is 32.2 Å². The Hall–Kier alpha value is -3.16. The number of carbonyl (C=O) groups is 4. The highest BCUT2D eigenvalue weighted by atomic mass is 32.2. The highest BCUT2D eigenvalue weighted by Gasteiger charge is 2.62. The molecule has 0 spiro atoms. The summed E-state index contributed by atoms with van der Waals surface area (Å²) in [5.41, 5.74) is -1.11. The van der Waals surface area contributed by atoms with Crippen molar-refractivity contribution < 1.29 is 42.9 Å². The molecule has 0 amide bonds. The average molecular weight is 615 g/mol. The van der Waals surface area contributed by atoms with E-state index < -0.39 is 23.7 Å². The van der Waals surface area contributed by atoms with Gasteiger partial charge in [-0.1, -0.05) is 37.3 Å². The van der Waals surface area contributed by atoms with Gasteiger partial charge in [0, 0.05) is 17.3 Å². The molecule has 2 N–H and O–H groups in total. The van der Waals surface area contributed by atoms with Crippen LogP contribution in [-0.4, -0.2) is 50.6 Å². The van der Waals surface area contributed by atoms with Gasteiger partial charge in [0.2, 0.25) is 5.76 Å². The fourth-order valence-electron chi connectivity index (χ4n) is 7.82. The van der Waals surface area contributed by atoms with Crippen LogP contribution < -0.4 is 0 Å². The van der Waals surface area contributed by atoms with E-state index in [1.807, 2.05) is 6.08 Å². The molecule has 4 aliphatic rings. The number of halogens is 1. The number of ether oxygens (including phenoxy) is 1. The highest BCUT2D eigenvalue weighted by Crippen LogP contribution is 2.66. The molecule has 232 valence electrons. The number of carbonyl (C=O) groups excluding carboxylic acids is 3. The number of aromatic carboxylic acids is 1. The third-order valence-corrected chi connectivity index (χ3v) is 10.5. The number of allylic oxidation sites excluding steroid dienone is 4. The van der Waals surface area contributed by atoms with Gasteiger partial charge in [0.05, 0.1) is 24.5 Å². The molecular formula is C33H39FO8S. The van der Waals surface area contributed by atoms with E-state index in [0.29, 0.717) is 18.3 Å². The fourth-order valence-corrected chi connectivity index (χ4v) is 8.68. The second kappa shape index (κ2) is 12.8. The SMILES string of the molecule is CC(C)(F)CC(=O)OC#CCSC(=O)C1CCC2C3CCC4=CC(=O)C=CC4(C)C3C(O)CC12C.O=C(O)c1ccco1. The molecule has 5 rings (SSSR count). The Morgan fingerprint density at radius 2 is 1.98 bits per heavy atom.